The highest BCUT2D eigenvalue weighted by Gasteiger charge is 2.03. The van der Waals surface area contributed by atoms with Gasteiger partial charge in [-0.2, -0.15) is 0 Å². The normalized spacial score (nSPS) is 9.44. The molecule has 84 valence electrons. The van der Waals surface area contributed by atoms with Crippen molar-refractivity contribution in [3.63, 3.8) is 0 Å². The van der Waals surface area contributed by atoms with Gasteiger partial charge in [0.2, 0.25) is 0 Å². The fraction of sp³-hybridized carbons (Fsp3) is 0.231. The molecule has 3 heteroatoms. The van der Waals surface area contributed by atoms with Crippen LogP contribution in [0, 0.1) is 0 Å². The van der Waals surface area contributed by atoms with Crippen molar-refractivity contribution in [2.45, 2.75) is 20.8 Å². The van der Waals surface area contributed by atoms with Crippen molar-refractivity contribution in [3.05, 3.63) is 46.2 Å². The summed E-state index contributed by atoms with van der Waals surface area (Å²) in [6.07, 6.45) is 0. The molecule has 0 bridgehead atoms. The fourth-order valence-corrected chi connectivity index (χ4v) is 1.39. The zero-order chi connectivity index (χ0) is 12.1. The predicted octanol–water partition coefficient (Wildman–Crippen LogP) is 2.76. The van der Waals surface area contributed by atoms with E-state index in [0.29, 0.717) is 16.6 Å². The molecule has 0 aliphatic rings. The highest BCUT2D eigenvalue weighted by Crippen LogP contribution is 2.07. The van der Waals surface area contributed by atoms with Gasteiger partial charge in [-0.25, -0.2) is 0 Å². The summed E-state index contributed by atoms with van der Waals surface area (Å²) in [5, 5.41) is 0.609. The molecule has 0 aliphatic carbocycles. The second kappa shape index (κ2) is 5.26. The Bertz CT molecular complexity index is 555. The van der Waals surface area contributed by atoms with Crippen molar-refractivity contribution in [2.24, 2.45) is 0 Å². The summed E-state index contributed by atoms with van der Waals surface area (Å²) in [4.78, 5) is 25.5. The maximum Gasteiger partial charge on any atom is 0.190 e. The van der Waals surface area contributed by atoms with Crippen LogP contribution in [0.2, 0.25) is 0 Å². The van der Waals surface area contributed by atoms with Crippen LogP contribution < -0.4 is 5.43 Å². The molecule has 16 heavy (non-hydrogen) atoms. The number of rotatable bonds is 1. The zero-order valence-corrected chi connectivity index (χ0v) is 9.70. The summed E-state index contributed by atoms with van der Waals surface area (Å²) in [7, 11) is 0. The van der Waals surface area contributed by atoms with Crippen molar-refractivity contribution < 1.29 is 4.79 Å². The van der Waals surface area contributed by atoms with Gasteiger partial charge in [0.05, 0.1) is 5.69 Å². The molecule has 0 aliphatic heterocycles. The largest absolute Gasteiger partial charge is 0.352 e. The first-order valence-electron chi connectivity index (χ1n) is 5.31. The van der Waals surface area contributed by atoms with E-state index in [4.69, 9.17) is 0 Å². The summed E-state index contributed by atoms with van der Waals surface area (Å²) < 4.78 is 0. The van der Waals surface area contributed by atoms with Crippen molar-refractivity contribution in [1.82, 2.24) is 4.98 Å². The number of benzene rings is 1. The van der Waals surface area contributed by atoms with Crippen LogP contribution in [0.5, 0.6) is 0 Å². The molecule has 0 amide bonds. The summed E-state index contributed by atoms with van der Waals surface area (Å²) in [5.74, 6) is -0.132. The van der Waals surface area contributed by atoms with Gasteiger partial charge in [-0.1, -0.05) is 26.0 Å². The first-order chi connectivity index (χ1) is 7.68. The second-order valence-corrected chi connectivity index (χ2v) is 3.15. The third-order valence-electron chi connectivity index (χ3n) is 2.12. The molecular formula is C13H15NO2. The van der Waals surface area contributed by atoms with Gasteiger partial charge >= 0.3 is 0 Å². The second-order valence-electron chi connectivity index (χ2n) is 3.15. The van der Waals surface area contributed by atoms with E-state index in [9.17, 15) is 9.59 Å². The third kappa shape index (κ3) is 2.37. The van der Waals surface area contributed by atoms with E-state index in [1.165, 1.54) is 13.0 Å². The van der Waals surface area contributed by atoms with Crippen LogP contribution in [0.4, 0.5) is 0 Å². The van der Waals surface area contributed by atoms with E-state index in [0.717, 1.165) is 0 Å². The Morgan fingerprint density at radius 3 is 2.44 bits per heavy atom. The molecule has 1 aromatic carbocycles. The maximum atomic E-state index is 11.5. The molecule has 0 saturated heterocycles. The summed E-state index contributed by atoms with van der Waals surface area (Å²) in [6, 6.07) is 8.47. The van der Waals surface area contributed by atoms with Gasteiger partial charge < -0.3 is 4.98 Å². The topological polar surface area (TPSA) is 49.9 Å². The van der Waals surface area contributed by atoms with E-state index < -0.39 is 0 Å². The number of fused-ring (bicyclic) bond motifs is 1. The third-order valence-corrected chi connectivity index (χ3v) is 2.12. The van der Waals surface area contributed by atoms with Crippen molar-refractivity contribution >= 4 is 16.7 Å². The number of aromatic amines is 1. The van der Waals surface area contributed by atoms with Gasteiger partial charge in [0.15, 0.2) is 11.2 Å². The smallest absolute Gasteiger partial charge is 0.190 e. The van der Waals surface area contributed by atoms with E-state index in [1.54, 1.807) is 18.2 Å². The highest BCUT2D eigenvalue weighted by atomic mass is 16.1. The average molecular weight is 217 g/mol. The number of para-hydroxylation sites is 1. The molecule has 0 radical (unpaired) electrons. The Labute approximate surface area is 94.1 Å². The van der Waals surface area contributed by atoms with Crippen molar-refractivity contribution in [1.29, 1.82) is 0 Å². The number of ketones is 1. The lowest BCUT2D eigenvalue weighted by Crippen LogP contribution is -2.07. The van der Waals surface area contributed by atoms with Crippen LogP contribution in [0.1, 0.15) is 31.3 Å². The quantitative estimate of drug-likeness (QED) is 0.747. The Morgan fingerprint density at radius 2 is 1.81 bits per heavy atom. The van der Waals surface area contributed by atoms with E-state index in [1.807, 2.05) is 19.9 Å². The van der Waals surface area contributed by atoms with Crippen LogP contribution in [-0.2, 0) is 0 Å². The van der Waals surface area contributed by atoms with Gasteiger partial charge in [0.25, 0.3) is 0 Å². The first kappa shape index (κ1) is 12.2. The molecular weight excluding hydrogens is 202 g/mol. The minimum Gasteiger partial charge on any atom is -0.352 e. The molecule has 3 nitrogen and oxygen atoms in total. The SMILES string of the molecule is CC.CC(=O)c1cc(=O)c2ccccc2[nH]1. The average Bonchev–Trinajstić information content (AvgIpc) is 2.31. The van der Waals surface area contributed by atoms with Crippen LogP contribution in [0.15, 0.2) is 35.1 Å². The predicted molar refractivity (Wildman–Crippen MR) is 65.9 cm³/mol. The molecule has 0 saturated carbocycles. The van der Waals surface area contributed by atoms with Crippen LogP contribution in [-0.4, -0.2) is 10.8 Å². The Kier molecular flexibility index (Phi) is 4.00. The lowest BCUT2D eigenvalue weighted by Gasteiger charge is -1.99. The summed E-state index contributed by atoms with van der Waals surface area (Å²) >= 11 is 0. The van der Waals surface area contributed by atoms with Crippen molar-refractivity contribution in [3.8, 4) is 0 Å². The summed E-state index contributed by atoms with van der Waals surface area (Å²) in [6.45, 7) is 5.43. The van der Waals surface area contributed by atoms with Crippen LogP contribution in [0.3, 0.4) is 0 Å². The van der Waals surface area contributed by atoms with Gasteiger partial charge in [-0.05, 0) is 12.1 Å². The van der Waals surface area contributed by atoms with E-state index in [2.05, 4.69) is 4.98 Å². The lowest BCUT2D eigenvalue weighted by atomic mass is 10.2. The number of Topliss-reactive ketones (excluding diaryl/α,β-unsaturated/α-hetero) is 1. The minimum atomic E-state index is -0.132. The monoisotopic (exact) mass is 217 g/mol. The Hall–Kier alpha value is -1.90. The number of pyridine rings is 1. The number of aromatic nitrogens is 1. The molecule has 1 N–H and O–H groups in total. The van der Waals surface area contributed by atoms with Crippen molar-refractivity contribution in [2.75, 3.05) is 0 Å². The number of carbonyl (C=O) groups excluding carboxylic acids is 1. The number of carbonyl (C=O) groups is 1. The molecule has 2 rings (SSSR count). The van der Waals surface area contributed by atoms with Crippen LogP contribution >= 0.6 is 0 Å². The number of nitrogens with one attached hydrogen (secondary N) is 1. The maximum absolute atomic E-state index is 11.5. The summed E-state index contributed by atoms with van der Waals surface area (Å²) in [5.41, 5.74) is 0.934. The standard InChI is InChI=1S/C11H9NO2.C2H6/c1-7(13)10-6-11(14)8-4-2-3-5-9(8)12-10;1-2/h2-6H,1H3,(H,12,14);1-2H3. The number of H-pyrrole nitrogens is 1. The Morgan fingerprint density at radius 1 is 1.19 bits per heavy atom. The molecule has 0 fully saturated rings. The van der Waals surface area contributed by atoms with E-state index in [-0.39, 0.29) is 11.2 Å². The van der Waals surface area contributed by atoms with Gasteiger partial charge in [-0.15, -0.1) is 0 Å². The Balaban J connectivity index is 0.000000606. The first-order valence-corrected chi connectivity index (χ1v) is 5.31. The molecule has 1 heterocycles. The number of hydrogen-bond acceptors (Lipinski definition) is 2. The van der Waals surface area contributed by atoms with Gasteiger partial charge in [0.1, 0.15) is 0 Å². The lowest BCUT2D eigenvalue weighted by molar-refractivity contribution is 0.101. The minimum absolute atomic E-state index is 0.121. The molecule has 1 aromatic heterocycles. The molecule has 0 spiro atoms. The fourth-order valence-electron chi connectivity index (χ4n) is 1.39. The van der Waals surface area contributed by atoms with Gasteiger partial charge in [-0.3, -0.25) is 9.59 Å². The van der Waals surface area contributed by atoms with Crippen LogP contribution in [0.25, 0.3) is 10.9 Å². The highest BCUT2D eigenvalue weighted by molar-refractivity contribution is 5.94. The molecule has 2 aromatic rings. The number of hydrogen-bond donors (Lipinski definition) is 1. The molecule has 0 unspecified atom stereocenters. The molecule has 0 atom stereocenters. The van der Waals surface area contributed by atoms with E-state index >= 15 is 0 Å². The zero-order valence-electron chi connectivity index (χ0n) is 9.70. The van der Waals surface area contributed by atoms with Gasteiger partial charge in [0, 0.05) is 23.9 Å².